The van der Waals surface area contributed by atoms with Crippen LogP contribution in [0, 0.1) is 5.92 Å². The van der Waals surface area contributed by atoms with Crippen LogP contribution in [0.4, 0.5) is 0 Å². The Morgan fingerprint density at radius 3 is 2.31 bits per heavy atom. The lowest BCUT2D eigenvalue weighted by molar-refractivity contribution is -0.136. The monoisotopic (exact) mass is 178 g/mol. The van der Waals surface area contributed by atoms with Crippen LogP contribution >= 0.6 is 0 Å². The molecule has 2 heteroatoms. The number of hydrogen-bond acceptors (Lipinski definition) is 2. The van der Waals surface area contributed by atoms with Crippen molar-refractivity contribution in [3.8, 4) is 0 Å². The average Bonchev–Trinajstić information content (AvgIpc) is 2.15. The number of ether oxygens (including phenoxy) is 1. The SMILES string of the molecule is CC(C)C(OC=O)c1ccccc1. The molecule has 1 aromatic carbocycles. The molecule has 1 unspecified atom stereocenters. The third-order valence-corrected chi connectivity index (χ3v) is 1.94. The van der Waals surface area contributed by atoms with E-state index in [1.165, 1.54) is 0 Å². The van der Waals surface area contributed by atoms with Crippen LogP contribution in [0.3, 0.4) is 0 Å². The first-order valence-electron chi connectivity index (χ1n) is 4.39. The van der Waals surface area contributed by atoms with Gasteiger partial charge in [0.25, 0.3) is 6.47 Å². The van der Waals surface area contributed by atoms with Gasteiger partial charge in [0.15, 0.2) is 0 Å². The molecule has 0 aliphatic carbocycles. The minimum Gasteiger partial charge on any atom is -0.459 e. The minimum absolute atomic E-state index is 0.126. The number of carbonyl (C=O) groups is 1. The summed E-state index contributed by atoms with van der Waals surface area (Å²) in [4.78, 5) is 10.3. The zero-order valence-corrected chi connectivity index (χ0v) is 7.94. The van der Waals surface area contributed by atoms with Gasteiger partial charge in [0.2, 0.25) is 0 Å². The second kappa shape index (κ2) is 4.65. The Morgan fingerprint density at radius 1 is 1.23 bits per heavy atom. The number of rotatable bonds is 4. The molecule has 13 heavy (non-hydrogen) atoms. The van der Waals surface area contributed by atoms with E-state index in [1.54, 1.807) is 0 Å². The molecule has 0 aromatic heterocycles. The van der Waals surface area contributed by atoms with E-state index < -0.39 is 0 Å². The fourth-order valence-electron chi connectivity index (χ4n) is 1.32. The van der Waals surface area contributed by atoms with Crippen molar-refractivity contribution in [2.75, 3.05) is 0 Å². The maximum Gasteiger partial charge on any atom is 0.293 e. The molecule has 0 bridgehead atoms. The third kappa shape index (κ3) is 2.58. The van der Waals surface area contributed by atoms with Gasteiger partial charge in [-0.25, -0.2) is 0 Å². The Balaban J connectivity index is 2.82. The summed E-state index contributed by atoms with van der Waals surface area (Å²) in [7, 11) is 0. The van der Waals surface area contributed by atoms with Gasteiger partial charge in [0, 0.05) is 0 Å². The van der Waals surface area contributed by atoms with Gasteiger partial charge in [-0.1, -0.05) is 44.2 Å². The van der Waals surface area contributed by atoms with E-state index in [9.17, 15) is 4.79 Å². The summed E-state index contributed by atoms with van der Waals surface area (Å²) in [5.74, 6) is 0.299. The molecule has 0 aliphatic heterocycles. The maximum atomic E-state index is 10.3. The summed E-state index contributed by atoms with van der Waals surface area (Å²) in [5.41, 5.74) is 1.05. The molecule has 0 heterocycles. The number of hydrogen-bond donors (Lipinski definition) is 0. The molecule has 1 aromatic rings. The molecule has 0 spiro atoms. The van der Waals surface area contributed by atoms with Crippen LogP contribution in [0.5, 0.6) is 0 Å². The Morgan fingerprint density at radius 2 is 1.85 bits per heavy atom. The molecule has 0 fully saturated rings. The second-order valence-corrected chi connectivity index (χ2v) is 3.31. The fourth-order valence-corrected chi connectivity index (χ4v) is 1.32. The van der Waals surface area contributed by atoms with E-state index >= 15 is 0 Å². The highest BCUT2D eigenvalue weighted by atomic mass is 16.5. The first-order chi connectivity index (χ1) is 6.25. The van der Waals surface area contributed by atoms with E-state index in [0.717, 1.165) is 5.56 Å². The molecule has 70 valence electrons. The van der Waals surface area contributed by atoms with E-state index in [4.69, 9.17) is 4.74 Å². The van der Waals surface area contributed by atoms with Gasteiger partial charge >= 0.3 is 0 Å². The highest BCUT2D eigenvalue weighted by Gasteiger charge is 2.15. The van der Waals surface area contributed by atoms with Crippen LogP contribution in [0.15, 0.2) is 30.3 Å². The summed E-state index contributed by atoms with van der Waals surface area (Å²) >= 11 is 0. The van der Waals surface area contributed by atoms with Gasteiger partial charge in [-0.3, -0.25) is 4.79 Å². The van der Waals surface area contributed by atoms with E-state index in [1.807, 2.05) is 44.2 Å². The van der Waals surface area contributed by atoms with Crippen molar-refractivity contribution in [1.29, 1.82) is 0 Å². The Bertz CT molecular complexity index is 254. The summed E-state index contributed by atoms with van der Waals surface area (Å²) in [6.07, 6.45) is -0.126. The summed E-state index contributed by atoms with van der Waals surface area (Å²) < 4.78 is 5.01. The molecule has 0 saturated carbocycles. The van der Waals surface area contributed by atoms with E-state index in [2.05, 4.69) is 0 Å². The first kappa shape index (κ1) is 9.78. The highest BCUT2D eigenvalue weighted by molar-refractivity contribution is 5.38. The van der Waals surface area contributed by atoms with Crippen LogP contribution in [-0.2, 0) is 9.53 Å². The maximum absolute atomic E-state index is 10.3. The van der Waals surface area contributed by atoms with Crippen LogP contribution in [0.1, 0.15) is 25.5 Å². The molecule has 1 rings (SSSR count). The lowest BCUT2D eigenvalue weighted by Crippen LogP contribution is -2.09. The van der Waals surface area contributed by atoms with Gasteiger partial charge in [0.05, 0.1) is 0 Å². The molecule has 0 N–H and O–H groups in total. The van der Waals surface area contributed by atoms with Crippen molar-refractivity contribution in [1.82, 2.24) is 0 Å². The molecule has 0 aliphatic rings. The largest absolute Gasteiger partial charge is 0.459 e. The van der Waals surface area contributed by atoms with Crippen molar-refractivity contribution < 1.29 is 9.53 Å². The van der Waals surface area contributed by atoms with Crippen molar-refractivity contribution in [3.05, 3.63) is 35.9 Å². The molecule has 0 radical (unpaired) electrons. The van der Waals surface area contributed by atoms with Gasteiger partial charge in [-0.2, -0.15) is 0 Å². The predicted molar refractivity (Wildman–Crippen MR) is 51.2 cm³/mol. The molecular weight excluding hydrogens is 164 g/mol. The molecule has 1 atom stereocenters. The zero-order valence-electron chi connectivity index (χ0n) is 7.94. The Kier molecular flexibility index (Phi) is 3.50. The smallest absolute Gasteiger partial charge is 0.293 e. The highest BCUT2D eigenvalue weighted by Crippen LogP contribution is 2.24. The third-order valence-electron chi connectivity index (χ3n) is 1.94. The lowest BCUT2D eigenvalue weighted by atomic mass is 9.99. The topological polar surface area (TPSA) is 26.3 Å². The first-order valence-corrected chi connectivity index (χ1v) is 4.39. The van der Waals surface area contributed by atoms with Gasteiger partial charge < -0.3 is 4.74 Å². The quantitative estimate of drug-likeness (QED) is 0.662. The van der Waals surface area contributed by atoms with Crippen molar-refractivity contribution in [2.45, 2.75) is 20.0 Å². The van der Waals surface area contributed by atoms with Crippen molar-refractivity contribution in [3.63, 3.8) is 0 Å². The normalized spacial score (nSPS) is 12.5. The molecule has 0 amide bonds. The molecular formula is C11H14O2. The lowest BCUT2D eigenvalue weighted by Gasteiger charge is -2.18. The second-order valence-electron chi connectivity index (χ2n) is 3.31. The zero-order chi connectivity index (χ0) is 9.68. The molecule has 0 saturated heterocycles. The molecule has 2 nitrogen and oxygen atoms in total. The van der Waals surface area contributed by atoms with Crippen LogP contribution < -0.4 is 0 Å². The van der Waals surface area contributed by atoms with Crippen molar-refractivity contribution in [2.24, 2.45) is 5.92 Å². The van der Waals surface area contributed by atoms with E-state index in [-0.39, 0.29) is 6.10 Å². The predicted octanol–water partition coefficient (Wildman–Crippen LogP) is 2.56. The van der Waals surface area contributed by atoms with Crippen LogP contribution in [0.2, 0.25) is 0 Å². The Hall–Kier alpha value is -1.31. The average molecular weight is 178 g/mol. The number of benzene rings is 1. The van der Waals surface area contributed by atoms with Crippen LogP contribution in [-0.4, -0.2) is 6.47 Å². The fraction of sp³-hybridized carbons (Fsp3) is 0.364. The van der Waals surface area contributed by atoms with Gasteiger partial charge in [-0.05, 0) is 11.5 Å². The summed E-state index contributed by atoms with van der Waals surface area (Å²) in [5, 5.41) is 0. The van der Waals surface area contributed by atoms with Crippen molar-refractivity contribution >= 4 is 6.47 Å². The summed E-state index contributed by atoms with van der Waals surface area (Å²) in [6, 6.07) is 9.77. The standard InChI is InChI=1S/C11H14O2/c1-9(2)11(13-8-12)10-6-4-3-5-7-10/h3-9,11H,1-2H3. The number of carbonyl (C=O) groups excluding carboxylic acids is 1. The van der Waals surface area contributed by atoms with Gasteiger partial charge in [-0.15, -0.1) is 0 Å². The van der Waals surface area contributed by atoms with Crippen LogP contribution in [0.25, 0.3) is 0 Å². The van der Waals surface area contributed by atoms with E-state index in [0.29, 0.717) is 12.4 Å². The van der Waals surface area contributed by atoms with Gasteiger partial charge in [0.1, 0.15) is 6.10 Å². The summed E-state index contributed by atoms with van der Waals surface area (Å²) in [6.45, 7) is 4.57. The minimum atomic E-state index is -0.126. The Labute approximate surface area is 78.5 Å².